The van der Waals surface area contributed by atoms with Crippen molar-refractivity contribution in [2.45, 2.75) is 0 Å². The molecule has 0 radical (unpaired) electrons. The SMILES string of the molecule is Nc1cccc(-c2cccc3c(-n4c5ccccc5c5ccccc54)cccc23)c1.S=S=S=S=S=S=S=S=S=S=S=S=S=S=S=S=S=S=S=S=S=S=S=S=S=S=S=S=S=S=S=S=S=S=S=S=S=S=S=S=S=S=S. The summed E-state index contributed by atoms with van der Waals surface area (Å²) in [5.74, 6) is 0. The van der Waals surface area contributed by atoms with E-state index >= 15 is 0 Å². The lowest BCUT2D eigenvalue weighted by atomic mass is 9.97. The molecule has 0 aliphatic heterocycles. The van der Waals surface area contributed by atoms with E-state index in [0.717, 1.165) is 11.3 Å². The maximum Gasteiger partial charge on any atom is 0.0541 e. The van der Waals surface area contributed by atoms with Crippen LogP contribution < -0.4 is 5.73 Å². The minimum absolute atomic E-state index is 0.781. The predicted molar refractivity (Wildman–Crippen MR) is 445 cm³/mol. The van der Waals surface area contributed by atoms with E-state index in [0.29, 0.717) is 0 Å². The molecule has 0 unspecified atom stereocenters. The maximum absolute atomic E-state index is 6.07. The van der Waals surface area contributed by atoms with Crippen LogP contribution in [0.1, 0.15) is 0 Å². The molecule has 400 valence electrons. The van der Waals surface area contributed by atoms with Crippen LogP contribution in [-0.2, 0) is 386 Å². The van der Waals surface area contributed by atoms with Crippen LogP contribution in [0.5, 0.6) is 0 Å². The van der Waals surface area contributed by atoms with Crippen molar-refractivity contribution in [3.8, 4) is 16.8 Å². The summed E-state index contributed by atoms with van der Waals surface area (Å²) in [6.07, 6.45) is 0. The van der Waals surface area contributed by atoms with Gasteiger partial charge in [0.05, 0.1) is 16.7 Å². The lowest BCUT2D eigenvalue weighted by molar-refractivity contribution is 1.20. The Morgan fingerprint density at radius 1 is 0.274 bits per heavy atom. The topological polar surface area (TPSA) is 30.9 Å². The fraction of sp³-hybridized carbons (Fsp3) is 0. The van der Waals surface area contributed by atoms with Crippen LogP contribution in [0, 0.1) is 0 Å². The molecule has 45 heteroatoms. The van der Waals surface area contributed by atoms with Crippen LogP contribution in [0.25, 0.3) is 49.4 Å². The van der Waals surface area contributed by atoms with Gasteiger partial charge in [-0.15, -0.1) is 0 Å². The van der Waals surface area contributed by atoms with Gasteiger partial charge in [-0.2, -0.15) is 0 Å². The molecule has 1 heterocycles. The number of nitrogens with zero attached hydrogens (tertiary/aromatic N) is 1. The summed E-state index contributed by atoms with van der Waals surface area (Å²) in [5.41, 5.74) is 12.8. The molecule has 0 saturated heterocycles. The molecular weight excluding hydrogens is 1740 g/mol. The molecule has 0 spiro atoms. The first-order chi connectivity index (χ1) is 36.2. The van der Waals surface area contributed by atoms with E-state index in [1.807, 2.05) is 258 Å². The number of nitrogens with two attached hydrogens (primary N) is 1. The summed E-state index contributed by atoms with van der Waals surface area (Å²) in [6, 6.07) is 38.5. The van der Waals surface area contributed by atoms with E-state index in [2.05, 4.69) is 95.6 Å². The average molecular weight is 1760 g/mol. The second kappa shape index (κ2) is 47.6. The number of hydrogen-bond acceptors (Lipinski definition) is 3. The zero-order chi connectivity index (χ0) is 51.1. The zero-order valence-corrected chi connectivity index (χ0v) is 69.1. The Morgan fingerprint density at radius 2 is 0.562 bits per heavy atom. The predicted octanol–water partition coefficient (Wildman–Crippen LogP) is 7.08. The fourth-order valence-electron chi connectivity index (χ4n) is 5.07. The highest BCUT2D eigenvalue weighted by atomic mass is 33.5. The smallest absolute Gasteiger partial charge is 0.0541 e. The number of fused-ring (bicyclic) bond motifs is 4. The number of anilines is 1. The number of nitrogen functional groups attached to an aromatic ring is 1. The molecule has 73 heavy (non-hydrogen) atoms. The van der Waals surface area contributed by atoms with Gasteiger partial charge in [0.25, 0.3) is 0 Å². The largest absolute Gasteiger partial charge is 0.399 e. The lowest BCUT2D eigenvalue weighted by Gasteiger charge is -2.14. The van der Waals surface area contributed by atoms with Crippen molar-refractivity contribution >= 4 is 425 Å². The van der Waals surface area contributed by atoms with Crippen LogP contribution in [-0.4, -0.2) is 4.57 Å². The summed E-state index contributed by atoms with van der Waals surface area (Å²) in [5, 5.41) is 5.00. The number of hydrogen-bond donors (Lipinski definition) is 1. The minimum Gasteiger partial charge on any atom is -0.399 e. The van der Waals surface area contributed by atoms with Crippen LogP contribution in [0.15, 0.2) is 109 Å². The van der Waals surface area contributed by atoms with Gasteiger partial charge in [-0.1, -0.05) is 78.9 Å². The summed E-state index contributed by atoms with van der Waals surface area (Å²) < 4.78 is 2.39. The first-order valence-corrected chi connectivity index (χ1v) is 73.2. The van der Waals surface area contributed by atoms with E-state index in [1.165, 1.54) is 61.6 Å². The minimum atomic E-state index is 0.781. The van der Waals surface area contributed by atoms with Crippen molar-refractivity contribution in [1.82, 2.24) is 4.57 Å². The Balaban J connectivity index is 0.000000284. The molecule has 2 nitrogen and oxygen atoms in total. The highest BCUT2D eigenvalue weighted by Crippen LogP contribution is 2.37. The van der Waals surface area contributed by atoms with Gasteiger partial charge in [0.15, 0.2) is 0 Å². The summed E-state index contributed by atoms with van der Waals surface area (Å²) in [4.78, 5) is 0. The molecule has 0 atom stereocenters. The Kier molecular flexibility index (Phi) is 45.2. The average Bonchev–Trinajstić information content (AvgIpc) is 3.75. The Hall–Kier alpha value is 5.42. The molecule has 0 bridgehead atoms. The van der Waals surface area contributed by atoms with E-state index in [1.54, 1.807) is 107 Å². The van der Waals surface area contributed by atoms with Crippen LogP contribution in [0.2, 0.25) is 0 Å². The van der Waals surface area contributed by atoms with Gasteiger partial charge in [-0.05, 0) is 46.8 Å². The Bertz CT molecular complexity index is 4830. The molecular formula is C28H20N2S43. The zero-order valence-electron chi connectivity index (χ0n) is 34.0. The first kappa shape index (κ1) is 69.2. The molecule has 0 aliphatic rings. The first-order valence-electron chi connectivity index (χ1n) is 17.2. The van der Waals surface area contributed by atoms with Gasteiger partial charge in [0, 0.05) is 408 Å². The van der Waals surface area contributed by atoms with Gasteiger partial charge in [-0.25, -0.2) is 0 Å². The van der Waals surface area contributed by atoms with E-state index in [-0.39, 0.29) is 0 Å². The number of rotatable bonds is 2. The number of benzene rings is 5. The van der Waals surface area contributed by atoms with Crippen molar-refractivity contribution < 1.29 is 0 Å². The third-order valence-corrected chi connectivity index (χ3v) is 95.9. The van der Waals surface area contributed by atoms with Gasteiger partial charge in [0.1, 0.15) is 0 Å². The van der Waals surface area contributed by atoms with Crippen molar-refractivity contribution in [2.75, 3.05) is 5.73 Å². The quantitative estimate of drug-likeness (QED) is 0.188. The molecule has 0 aliphatic carbocycles. The highest BCUT2D eigenvalue weighted by Gasteiger charge is 2.14. The van der Waals surface area contributed by atoms with Crippen molar-refractivity contribution in [2.24, 2.45) is 0 Å². The third-order valence-electron chi connectivity index (χ3n) is 7.03. The monoisotopic (exact) mass is 1760 g/mol. The second-order valence-corrected chi connectivity index (χ2v) is 83.0. The molecule has 0 saturated carbocycles. The molecule has 2 N–H and O–H groups in total. The van der Waals surface area contributed by atoms with Crippen molar-refractivity contribution in [3.63, 3.8) is 0 Å². The lowest BCUT2D eigenvalue weighted by Crippen LogP contribution is -1.95. The highest BCUT2D eigenvalue weighted by molar-refractivity contribution is 8.81. The van der Waals surface area contributed by atoms with Crippen LogP contribution in [0.3, 0.4) is 0 Å². The van der Waals surface area contributed by atoms with Gasteiger partial charge in [-0.3, -0.25) is 0 Å². The Labute approximate surface area is 548 Å². The molecule has 1 aromatic heterocycles. The Morgan fingerprint density at radius 3 is 0.904 bits per heavy atom. The maximum atomic E-state index is 6.07. The van der Waals surface area contributed by atoms with Gasteiger partial charge >= 0.3 is 0 Å². The molecule has 6 aromatic rings. The molecule has 5 aromatic carbocycles. The van der Waals surface area contributed by atoms with E-state index < -0.39 is 0 Å². The van der Waals surface area contributed by atoms with Crippen molar-refractivity contribution in [3.05, 3.63) is 109 Å². The third kappa shape index (κ3) is 29.9. The molecule has 6 rings (SSSR count). The van der Waals surface area contributed by atoms with E-state index in [4.69, 9.17) is 28.1 Å². The number of aromatic nitrogens is 1. The van der Waals surface area contributed by atoms with Crippen LogP contribution in [0.4, 0.5) is 5.69 Å². The normalized spacial score (nSPS) is 9.26. The fourth-order valence-corrected chi connectivity index (χ4v) is 112. The molecule has 0 fully saturated rings. The van der Waals surface area contributed by atoms with Crippen LogP contribution >= 0.6 is 0 Å². The summed E-state index contributed by atoms with van der Waals surface area (Å²) in [6.45, 7) is 0. The van der Waals surface area contributed by atoms with E-state index in [9.17, 15) is 0 Å². The standard InChI is InChI=1S/C28H20N2.S43/c29-20-9-5-8-19(18-20)21-12-6-14-23-22(21)13-7-17-28(23)30-26-15-3-1-10-24(26)25-11-2-4-16-27(25)30;1-3-5-7-9-11-13-15-17-19-21-23-25-27-29-31-33-35-37-39-41-43-42-40-38-36-34-32-30-28-26-24-22-20-18-16-14-12-10-8-6-4-2/h1-18H,29H2;. The summed E-state index contributed by atoms with van der Waals surface area (Å²) >= 11 is 9.61. The second-order valence-electron chi connectivity index (χ2n) is 10.5. The van der Waals surface area contributed by atoms with Gasteiger partial charge in [0.2, 0.25) is 0 Å². The molecule has 0 amide bonds. The summed E-state index contributed by atoms with van der Waals surface area (Å²) in [7, 11) is 72.9. The van der Waals surface area contributed by atoms with Gasteiger partial charge < -0.3 is 10.3 Å². The number of para-hydroxylation sites is 2. The van der Waals surface area contributed by atoms with Crippen molar-refractivity contribution in [1.29, 1.82) is 0 Å².